The van der Waals surface area contributed by atoms with Crippen LogP contribution in [0.3, 0.4) is 0 Å². The van der Waals surface area contributed by atoms with Crippen molar-refractivity contribution in [2.75, 3.05) is 26.2 Å². The summed E-state index contributed by atoms with van der Waals surface area (Å²) < 4.78 is 6.94. The average molecular weight is 432 g/mol. The van der Waals surface area contributed by atoms with Gasteiger partial charge in [0.05, 0.1) is 19.6 Å². The van der Waals surface area contributed by atoms with Crippen LogP contribution in [-0.2, 0) is 15.1 Å². The van der Waals surface area contributed by atoms with Crippen LogP contribution in [0.1, 0.15) is 30.4 Å². The van der Waals surface area contributed by atoms with Crippen LogP contribution in [0.25, 0.3) is 0 Å². The smallest absolute Gasteiger partial charge is 0.348 e. The molecule has 5 heteroatoms. The lowest BCUT2D eigenvalue weighted by Gasteiger charge is -2.30. The fraction of sp³-hybridized carbons (Fsp3) is 0.409. The van der Waals surface area contributed by atoms with Gasteiger partial charge in [-0.15, -0.1) is 0 Å². The summed E-state index contributed by atoms with van der Waals surface area (Å²) in [5.41, 5.74) is -0.695. The fourth-order valence-corrected chi connectivity index (χ4v) is 4.54. The van der Waals surface area contributed by atoms with Crippen molar-refractivity contribution in [3.8, 4) is 0 Å². The molecule has 2 saturated heterocycles. The maximum atomic E-state index is 13.1. The maximum Gasteiger partial charge on any atom is 0.348 e. The number of carbonyl (C=O) groups excluding carboxylic acids is 1. The quantitative estimate of drug-likeness (QED) is 0.540. The molecule has 4 nitrogen and oxygen atoms in total. The molecule has 4 rings (SSSR count). The summed E-state index contributed by atoms with van der Waals surface area (Å²) >= 11 is 0. The number of aliphatic hydroxyl groups is 1. The molecule has 144 valence electrons. The molecule has 0 saturated carbocycles. The first kappa shape index (κ1) is 20.1. The van der Waals surface area contributed by atoms with Crippen molar-refractivity contribution >= 4 is 5.97 Å². The summed E-state index contributed by atoms with van der Waals surface area (Å²) in [7, 11) is 0. The molecule has 2 aliphatic heterocycles. The molecule has 2 heterocycles. The predicted molar refractivity (Wildman–Crippen MR) is 99.3 cm³/mol. The average Bonchev–Trinajstić information content (AvgIpc) is 3.32. The topological polar surface area (TPSA) is 46.5 Å². The van der Waals surface area contributed by atoms with Gasteiger partial charge in [-0.25, -0.2) is 4.79 Å². The Morgan fingerprint density at radius 2 is 1.44 bits per heavy atom. The van der Waals surface area contributed by atoms with Crippen LogP contribution in [0.5, 0.6) is 0 Å². The van der Waals surface area contributed by atoms with E-state index in [0.29, 0.717) is 11.1 Å². The highest BCUT2D eigenvalue weighted by atomic mass is 79.9. The minimum Gasteiger partial charge on any atom is -1.00 e. The van der Waals surface area contributed by atoms with Crippen molar-refractivity contribution in [2.24, 2.45) is 0 Å². The second-order valence-corrected chi connectivity index (χ2v) is 7.66. The Kier molecular flexibility index (Phi) is 6.04. The Morgan fingerprint density at radius 1 is 0.926 bits per heavy atom. The minimum atomic E-state index is -1.78. The van der Waals surface area contributed by atoms with E-state index < -0.39 is 11.6 Å². The molecule has 1 unspecified atom stereocenters. The zero-order chi connectivity index (χ0) is 18.0. The number of quaternary nitrogens is 1. The number of esters is 1. The molecule has 0 aliphatic carbocycles. The third kappa shape index (κ3) is 3.82. The summed E-state index contributed by atoms with van der Waals surface area (Å²) in [6.45, 7) is 4.34. The summed E-state index contributed by atoms with van der Waals surface area (Å²) in [4.78, 5) is 13.1. The molecule has 2 aromatic rings. The first-order valence-electron chi connectivity index (χ1n) is 9.52. The van der Waals surface area contributed by atoms with Crippen molar-refractivity contribution in [3.63, 3.8) is 0 Å². The first-order valence-corrected chi connectivity index (χ1v) is 9.52. The molecule has 0 amide bonds. The van der Waals surface area contributed by atoms with E-state index in [1.54, 1.807) is 24.3 Å². The number of carbonyl (C=O) groups is 1. The van der Waals surface area contributed by atoms with Gasteiger partial charge in [0.1, 0.15) is 6.54 Å². The van der Waals surface area contributed by atoms with E-state index in [0.717, 1.165) is 24.0 Å². The maximum absolute atomic E-state index is 13.1. The van der Waals surface area contributed by atoms with Gasteiger partial charge in [0, 0.05) is 19.3 Å². The van der Waals surface area contributed by atoms with Gasteiger partial charge >= 0.3 is 5.97 Å². The molecule has 1 atom stereocenters. The van der Waals surface area contributed by atoms with Crippen molar-refractivity contribution in [1.29, 1.82) is 0 Å². The van der Waals surface area contributed by atoms with Gasteiger partial charge in [-0.3, -0.25) is 0 Å². The lowest BCUT2D eigenvalue weighted by Crippen LogP contribution is -3.00. The Hall–Kier alpha value is -1.69. The highest BCUT2D eigenvalue weighted by Gasteiger charge is 2.46. The zero-order valence-electron chi connectivity index (χ0n) is 15.4. The predicted octanol–water partition coefficient (Wildman–Crippen LogP) is -0.147. The van der Waals surface area contributed by atoms with E-state index in [4.69, 9.17) is 4.74 Å². The molecule has 0 radical (unpaired) electrons. The Bertz CT molecular complexity index is 720. The first-order chi connectivity index (χ1) is 12.6. The molecular formula is C22H26BrNO3. The largest absolute Gasteiger partial charge is 1.00 e. The van der Waals surface area contributed by atoms with Gasteiger partial charge in [-0.05, 0) is 11.1 Å². The minimum absolute atomic E-state index is 0. The third-order valence-corrected chi connectivity index (χ3v) is 5.98. The van der Waals surface area contributed by atoms with Crippen molar-refractivity contribution in [2.45, 2.75) is 31.0 Å². The third-order valence-electron chi connectivity index (χ3n) is 5.98. The fourth-order valence-electron chi connectivity index (χ4n) is 4.54. The molecule has 1 spiro atoms. The summed E-state index contributed by atoms with van der Waals surface area (Å²) in [5.74, 6) is -0.570. The standard InChI is InChI=1S/C22H26NO3.BrH/c24-21(26-20-13-16-23(17-20)14-7-8-15-23)22(25,18-9-3-1-4-10-18)19-11-5-2-6-12-19;/h1-6,9-12,20,25H,7-8,13-17H2;1H/q+1;/p-1. The van der Waals surface area contributed by atoms with Gasteiger partial charge in [-0.2, -0.15) is 0 Å². The molecule has 0 aromatic heterocycles. The van der Waals surface area contributed by atoms with Gasteiger partial charge in [0.15, 0.2) is 6.10 Å². The number of hydrogen-bond acceptors (Lipinski definition) is 3. The number of rotatable bonds is 4. The summed E-state index contributed by atoms with van der Waals surface area (Å²) in [5, 5.41) is 11.5. The second-order valence-electron chi connectivity index (χ2n) is 7.66. The van der Waals surface area contributed by atoms with Crippen LogP contribution in [-0.4, -0.2) is 47.8 Å². The highest BCUT2D eigenvalue weighted by molar-refractivity contribution is 5.85. The second kappa shape index (κ2) is 8.13. The SMILES string of the molecule is O=C(OC1CC[N+]2(CCCC2)C1)C(O)(c1ccccc1)c1ccccc1.[Br-]. The van der Waals surface area contributed by atoms with E-state index in [9.17, 15) is 9.90 Å². The number of benzene rings is 2. The molecule has 0 bridgehead atoms. The van der Waals surface area contributed by atoms with Gasteiger partial charge in [0.25, 0.3) is 0 Å². The number of ether oxygens (including phenoxy) is 1. The molecule has 1 N–H and O–H groups in total. The highest BCUT2D eigenvalue weighted by Crippen LogP contribution is 2.34. The lowest BCUT2D eigenvalue weighted by atomic mass is 9.86. The van der Waals surface area contributed by atoms with Crippen molar-refractivity contribution in [1.82, 2.24) is 0 Å². The monoisotopic (exact) mass is 431 g/mol. The Balaban J connectivity index is 0.00000210. The van der Waals surface area contributed by atoms with E-state index in [-0.39, 0.29) is 23.1 Å². The molecular weight excluding hydrogens is 406 g/mol. The van der Waals surface area contributed by atoms with Crippen LogP contribution in [0.4, 0.5) is 0 Å². The Labute approximate surface area is 171 Å². The van der Waals surface area contributed by atoms with E-state index in [1.165, 1.54) is 25.9 Å². The number of halogens is 1. The van der Waals surface area contributed by atoms with Crippen molar-refractivity contribution < 1.29 is 36.1 Å². The molecule has 27 heavy (non-hydrogen) atoms. The normalized spacial score (nSPS) is 21.0. The van der Waals surface area contributed by atoms with Crippen LogP contribution < -0.4 is 17.0 Å². The van der Waals surface area contributed by atoms with E-state index in [2.05, 4.69) is 0 Å². The Morgan fingerprint density at radius 3 is 1.96 bits per heavy atom. The molecule has 2 aromatic carbocycles. The molecule has 2 fully saturated rings. The van der Waals surface area contributed by atoms with Crippen molar-refractivity contribution in [3.05, 3.63) is 71.8 Å². The van der Waals surface area contributed by atoms with Crippen LogP contribution in [0.2, 0.25) is 0 Å². The van der Waals surface area contributed by atoms with Crippen LogP contribution >= 0.6 is 0 Å². The van der Waals surface area contributed by atoms with Crippen LogP contribution in [0, 0.1) is 0 Å². The number of nitrogens with zero attached hydrogens (tertiary/aromatic N) is 1. The van der Waals surface area contributed by atoms with Crippen LogP contribution in [0.15, 0.2) is 60.7 Å². The van der Waals surface area contributed by atoms with Gasteiger partial charge < -0.3 is 31.3 Å². The van der Waals surface area contributed by atoms with Gasteiger partial charge in [0.2, 0.25) is 5.60 Å². The number of hydrogen-bond donors (Lipinski definition) is 1. The summed E-state index contributed by atoms with van der Waals surface area (Å²) in [6, 6.07) is 18.2. The van der Waals surface area contributed by atoms with E-state index >= 15 is 0 Å². The molecule has 2 aliphatic rings. The lowest BCUT2D eigenvalue weighted by molar-refractivity contribution is -0.906. The van der Waals surface area contributed by atoms with E-state index in [1.807, 2.05) is 36.4 Å². The van der Waals surface area contributed by atoms with Gasteiger partial charge in [-0.1, -0.05) is 60.7 Å². The summed E-state index contributed by atoms with van der Waals surface area (Å²) in [6.07, 6.45) is 3.29. The zero-order valence-corrected chi connectivity index (χ0v) is 17.0.